The molecular formula is C19H22N6O. The number of rotatable bonds is 4. The quantitative estimate of drug-likeness (QED) is 0.717. The Bertz CT molecular complexity index is 899. The normalized spacial score (nSPS) is 14.8. The zero-order valence-corrected chi connectivity index (χ0v) is 14.9. The fourth-order valence-electron chi connectivity index (χ4n) is 3.46. The van der Waals surface area contributed by atoms with Crippen LogP contribution in [-0.4, -0.2) is 56.3 Å². The molecule has 0 bridgehead atoms. The minimum Gasteiger partial charge on any atom is -0.339 e. The fraction of sp³-hybridized carbons (Fsp3) is 0.368. The molecule has 1 fully saturated rings. The number of carbonyl (C=O) groups is 1. The minimum absolute atomic E-state index is 0.198. The van der Waals surface area contributed by atoms with Gasteiger partial charge in [-0.3, -0.25) is 4.79 Å². The van der Waals surface area contributed by atoms with Crippen molar-refractivity contribution in [3.63, 3.8) is 0 Å². The van der Waals surface area contributed by atoms with Gasteiger partial charge >= 0.3 is 0 Å². The average Bonchev–Trinajstić information content (AvgIpc) is 3.02. The number of pyridine rings is 1. The lowest BCUT2D eigenvalue weighted by molar-refractivity contribution is -0.131. The van der Waals surface area contributed by atoms with E-state index in [1.165, 1.54) is 0 Å². The van der Waals surface area contributed by atoms with Gasteiger partial charge in [0.2, 0.25) is 11.9 Å². The van der Waals surface area contributed by atoms with E-state index in [-0.39, 0.29) is 5.91 Å². The summed E-state index contributed by atoms with van der Waals surface area (Å²) in [6, 6.07) is 7.77. The number of hydrogen-bond donors (Lipinski definition) is 0. The topological polar surface area (TPSA) is 66.6 Å². The van der Waals surface area contributed by atoms with Gasteiger partial charge in [-0.15, -0.1) is 0 Å². The highest BCUT2D eigenvalue weighted by molar-refractivity contribution is 5.76. The second kappa shape index (κ2) is 7.11. The molecule has 134 valence electrons. The summed E-state index contributed by atoms with van der Waals surface area (Å²) in [4.78, 5) is 29.8. The molecule has 0 N–H and O–H groups in total. The van der Waals surface area contributed by atoms with Crippen molar-refractivity contribution >= 4 is 17.5 Å². The summed E-state index contributed by atoms with van der Waals surface area (Å²) >= 11 is 0. The highest BCUT2D eigenvalue weighted by Crippen LogP contribution is 2.15. The van der Waals surface area contributed by atoms with Crippen molar-refractivity contribution in [2.24, 2.45) is 0 Å². The van der Waals surface area contributed by atoms with E-state index in [0.29, 0.717) is 25.9 Å². The van der Waals surface area contributed by atoms with E-state index >= 15 is 0 Å². The minimum atomic E-state index is 0.198. The Balaban J connectivity index is 1.35. The molecule has 1 saturated heterocycles. The molecule has 0 atom stereocenters. The van der Waals surface area contributed by atoms with Crippen LogP contribution in [0, 0.1) is 6.92 Å². The van der Waals surface area contributed by atoms with Gasteiger partial charge in [-0.2, -0.15) is 0 Å². The van der Waals surface area contributed by atoms with E-state index in [4.69, 9.17) is 0 Å². The maximum atomic E-state index is 12.6. The van der Waals surface area contributed by atoms with Crippen LogP contribution in [0.1, 0.15) is 17.8 Å². The van der Waals surface area contributed by atoms with E-state index in [0.717, 1.165) is 36.1 Å². The van der Waals surface area contributed by atoms with Gasteiger partial charge in [-0.05, 0) is 31.5 Å². The van der Waals surface area contributed by atoms with Crippen molar-refractivity contribution in [3.05, 3.63) is 54.2 Å². The maximum absolute atomic E-state index is 12.6. The monoisotopic (exact) mass is 350 g/mol. The average molecular weight is 350 g/mol. The number of piperazine rings is 1. The van der Waals surface area contributed by atoms with Crippen LogP contribution in [0.25, 0.3) is 5.65 Å². The van der Waals surface area contributed by atoms with E-state index in [1.807, 2.05) is 42.3 Å². The van der Waals surface area contributed by atoms with Crippen LogP contribution in [0.15, 0.2) is 42.9 Å². The highest BCUT2D eigenvalue weighted by Gasteiger charge is 2.22. The SMILES string of the molecule is Cc1nc2ccccn2c1CCC(=O)N1CCN(c2ncccn2)CC1. The summed E-state index contributed by atoms with van der Waals surface area (Å²) in [7, 11) is 0. The van der Waals surface area contributed by atoms with Gasteiger partial charge in [0, 0.05) is 56.9 Å². The van der Waals surface area contributed by atoms with Gasteiger partial charge < -0.3 is 14.2 Å². The van der Waals surface area contributed by atoms with Gasteiger partial charge in [-0.25, -0.2) is 15.0 Å². The molecule has 0 aliphatic carbocycles. The van der Waals surface area contributed by atoms with E-state index in [2.05, 4.69) is 24.3 Å². The standard InChI is InChI=1S/C19H22N6O/c1-15-16(25-10-3-2-5-17(25)22-15)6-7-18(26)23-11-13-24(14-12-23)19-20-8-4-9-21-19/h2-5,8-10H,6-7,11-14H2,1H3. The van der Waals surface area contributed by atoms with E-state index in [1.54, 1.807) is 12.4 Å². The van der Waals surface area contributed by atoms with Crippen LogP contribution in [0.2, 0.25) is 0 Å². The smallest absolute Gasteiger partial charge is 0.225 e. The Morgan fingerprint density at radius 1 is 1.08 bits per heavy atom. The van der Waals surface area contributed by atoms with Crippen LogP contribution >= 0.6 is 0 Å². The molecule has 0 unspecified atom stereocenters. The summed E-state index contributed by atoms with van der Waals surface area (Å²) in [6.45, 7) is 4.96. The second-order valence-corrected chi connectivity index (χ2v) is 6.49. The number of fused-ring (bicyclic) bond motifs is 1. The van der Waals surface area contributed by atoms with E-state index in [9.17, 15) is 4.79 Å². The Labute approximate surface area is 152 Å². The number of carbonyl (C=O) groups excluding carboxylic acids is 1. The Morgan fingerprint density at radius 3 is 2.62 bits per heavy atom. The first-order valence-electron chi connectivity index (χ1n) is 8.94. The number of nitrogens with zero attached hydrogens (tertiary/aromatic N) is 6. The first-order chi connectivity index (χ1) is 12.7. The van der Waals surface area contributed by atoms with Crippen molar-refractivity contribution in [3.8, 4) is 0 Å². The third kappa shape index (κ3) is 3.24. The summed E-state index contributed by atoms with van der Waals surface area (Å²) in [5.41, 5.74) is 3.05. The second-order valence-electron chi connectivity index (χ2n) is 6.49. The molecule has 0 spiro atoms. The molecule has 1 aliphatic rings. The summed E-state index contributed by atoms with van der Waals surface area (Å²) in [5.74, 6) is 0.935. The third-order valence-corrected chi connectivity index (χ3v) is 4.87. The molecule has 1 aliphatic heterocycles. The molecule has 0 aromatic carbocycles. The zero-order chi connectivity index (χ0) is 17.9. The molecule has 3 aromatic rings. The molecule has 0 saturated carbocycles. The number of amides is 1. The van der Waals surface area contributed by atoms with Crippen molar-refractivity contribution in [2.45, 2.75) is 19.8 Å². The molecule has 4 rings (SSSR count). The Kier molecular flexibility index (Phi) is 4.51. The number of imidazole rings is 1. The number of aryl methyl sites for hydroxylation is 2. The Morgan fingerprint density at radius 2 is 1.85 bits per heavy atom. The molecule has 3 aromatic heterocycles. The summed E-state index contributed by atoms with van der Waals surface area (Å²) in [5, 5.41) is 0. The molecule has 7 nitrogen and oxygen atoms in total. The lowest BCUT2D eigenvalue weighted by atomic mass is 10.2. The third-order valence-electron chi connectivity index (χ3n) is 4.87. The van der Waals surface area contributed by atoms with Crippen molar-refractivity contribution in [2.75, 3.05) is 31.1 Å². The van der Waals surface area contributed by atoms with Gasteiger partial charge in [0.05, 0.1) is 5.69 Å². The van der Waals surface area contributed by atoms with Gasteiger partial charge in [0.25, 0.3) is 0 Å². The van der Waals surface area contributed by atoms with Crippen molar-refractivity contribution < 1.29 is 4.79 Å². The van der Waals surface area contributed by atoms with Gasteiger partial charge in [-0.1, -0.05) is 6.07 Å². The molecular weight excluding hydrogens is 328 g/mol. The van der Waals surface area contributed by atoms with Crippen molar-refractivity contribution in [1.29, 1.82) is 0 Å². The largest absolute Gasteiger partial charge is 0.339 e. The summed E-state index contributed by atoms with van der Waals surface area (Å²) < 4.78 is 2.08. The zero-order valence-electron chi connectivity index (χ0n) is 14.9. The number of aromatic nitrogens is 4. The maximum Gasteiger partial charge on any atom is 0.225 e. The van der Waals surface area contributed by atoms with Crippen LogP contribution in [0.4, 0.5) is 5.95 Å². The first kappa shape index (κ1) is 16.5. The molecule has 4 heterocycles. The number of hydrogen-bond acceptors (Lipinski definition) is 5. The molecule has 7 heteroatoms. The molecule has 0 radical (unpaired) electrons. The predicted octanol–water partition coefficient (Wildman–Crippen LogP) is 1.71. The lowest BCUT2D eigenvalue weighted by Gasteiger charge is -2.34. The van der Waals surface area contributed by atoms with Crippen LogP contribution in [0.5, 0.6) is 0 Å². The van der Waals surface area contributed by atoms with Crippen LogP contribution in [0.3, 0.4) is 0 Å². The van der Waals surface area contributed by atoms with Crippen LogP contribution < -0.4 is 4.90 Å². The highest BCUT2D eigenvalue weighted by atomic mass is 16.2. The summed E-state index contributed by atoms with van der Waals surface area (Å²) in [6.07, 6.45) is 6.72. The number of anilines is 1. The van der Waals surface area contributed by atoms with Crippen molar-refractivity contribution in [1.82, 2.24) is 24.3 Å². The van der Waals surface area contributed by atoms with Gasteiger partial charge in [0.1, 0.15) is 5.65 Å². The predicted molar refractivity (Wildman–Crippen MR) is 99.1 cm³/mol. The molecule has 26 heavy (non-hydrogen) atoms. The van der Waals surface area contributed by atoms with Crippen LogP contribution in [-0.2, 0) is 11.2 Å². The Hall–Kier alpha value is -2.96. The first-order valence-corrected chi connectivity index (χ1v) is 8.94. The lowest BCUT2D eigenvalue weighted by Crippen LogP contribution is -2.49. The molecule has 1 amide bonds. The van der Waals surface area contributed by atoms with E-state index < -0.39 is 0 Å². The van der Waals surface area contributed by atoms with Gasteiger partial charge in [0.15, 0.2) is 0 Å². The fourth-order valence-corrected chi connectivity index (χ4v) is 3.46.